The number of aryl methyl sites for hydroxylation is 2. The SMILES string of the molecule is Cn1c2c(c3ccccc31)-c1ccccc1[CH]2[Hf+2][CH]1c2ccccc2-c2c1n(C)c1ccccc21.[Cl-].[Cl-]. The fraction of sp³-hybridized carbons (Fsp3) is 0.125. The van der Waals surface area contributed by atoms with E-state index in [4.69, 9.17) is 0 Å². The molecule has 8 rings (SSSR count). The van der Waals surface area contributed by atoms with Gasteiger partial charge < -0.3 is 24.8 Å². The smallest absolute Gasteiger partial charge is 1.00 e. The summed E-state index contributed by atoms with van der Waals surface area (Å²) in [6.07, 6.45) is 0. The number of para-hydroxylation sites is 2. The van der Waals surface area contributed by atoms with E-state index in [-0.39, 0.29) is 24.8 Å². The third kappa shape index (κ3) is 3.21. The predicted octanol–water partition coefficient (Wildman–Crippen LogP) is 1.60. The first-order valence-electron chi connectivity index (χ1n) is 12.3. The topological polar surface area (TPSA) is 9.86 Å². The molecule has 0 saturated heterocycles. The maximum Gasteiger partial charge on any atom is -1.00 e. The largest absolute Gasteiger partial charge is 1.00 e. The first-order valence-corrected chi connectivity index (χ1v) is 16.5. The number of benzene rings is 4. The Balaban J connectivity index is 0.00000126. The zero-order valence-electron chi connectivity index (χ0n) is 20.5. The molecule has 0 spiro atoms. The van der Waals surface area contributed by atoms with Crippen molar-refractivity contribution < 1.29 is 47.7 Å². The summed E-state index contributed by atoms with van der Waals surface area (Å²) < 4.78 is 6.12. The number of hydrogen-bond donors (Lipinski definition) is 0. The summed E-state index contributed by atoms with van der Waals surface area (Å²) >= 11 is -1.33. The number of aromatic nitrogens is 2. The Kier molecular flexibility index (Phi) is 6.02. The first-order chi connectivity index (χ1) is 17.2. The fourth-order valence-corrected chi connectivity index (χ4v) is 14.7. The van der Waals surface area contributed by atoms with Gasteiger partial charge in [-0.25, -0.2) is 0 Å². The Bertz CT molecular complexity index is 1700. The molecule has 2 aromatic heterocycles. The van der Waals surface area contributed by atoms with E-state index >= 15 is 0 Å². The maximum absolute atomic E-state index is 2.51. The van der Waals surface area contributed by atoms with Crippen molar-refractivity contribution in [3.63, 3.8) is 0 Å². The van der Waals surface area contributed by atoms with Crippen molar-refractivity contribution in [1.29, 1.82) is 0 Å². The second-order valence-electron chi connectivity index (χ2n) is 9.88. The van der Waals surface area contributed by atoms with Gasteiger partial charge in [-0.05, 0) is 0 Å². The van der Waals surface area contributed by atoms with Gasteiger partial charge in [0.2, 0.25) is 0 Å². The van der Waals surface area contributed by atoms with Gasteiger partial charge in [-0.15, -0.1) is 0 Å². The minimum Gasteiger partial charge on any atom is -1.00 e. The molecule has 0 bridgehead atoms. The summed E-state index contributed by atoms with van der Waals surface area (Å²) in [6, 6.07) is 36.4. The van der Waals surface area contributed by atoms with Gasteiger partial charge in [0.25, 0.3) is 0 Å². The number of hydrogen-bond acceptors (Lipinski definition) is 0. The minimum atomic E-state index is -1.33. The number of halogens is 2. The molecule has 5 heteroatoms. The molecule has 180 valence electrons. The molecule has 2 atom stereocenters. The molecule has 0 aliphatic heterocycles. The van der Waals surface area contributed by atoms with E-state index in [1.165, 1.54) is 44.1 Å². The van der Waals surface area contributed by atoms with Gasteiger partial charge in [0, 0.05) is 0 Å². The van der Waals surface area contributed by atoms with Crippen LogP contribution in [0.1, 0.15) is 29.9 Å². The molecule has 2 heterocycles. The molecule has 4 aromatic carbocycles. The molecule has 0 N–H and O–H groups in total. The maximum atomic E-state index is 2.51. The molecule has 2 aliphatic rings. The Morgan fingerprint density at radius 2 is 0.892 bits per heavy atom. The summed E-state index contributed by atoms with van der Waals surface area (Å²) in [6.45, 7) is 0. The average molecular weight is 686 g/mol. The zero-order valence-corrected chi connectivity index (χ0v) is 25.6. The van der Waals surface area contributed by atoms with Crippen molar-refractivity contribution in [3.05, 3.63) is 120 Å². The second kappa shape index (κ2) is 9.01. The first kappa shape index (κ1) is 24.7. The van der Waals surface area contributed by atoms with Gasteiger partial charge in [0.05, 0.1) is 0 Å². The molecule has 0 radical (unpaired) electrons. The molecule has 0 fully saturated rings. The molecule has 6 aromatic rings. The minimum absolute atomic E-state index is 0. The van der Waals surface area contributed by atoms with Crippen LogP contribution in [0.15, 0.2) is 97.1 Å². The monoisotopic (exact) mass is 686 g/mol. The van der Waals surface area contributed by atoms with Crippen LogP contribution < -0.4 is 24.8 Å². The van der Waals surface area contributed by atoms with Crippen LogP contribution in [0.3, 0.4) is 0 Å². The molecule has 0 saturated carbocycles. The van der Waals surface area contributed by atoms with E-state index in [1.807, 2.05) is 0 Å². The van der Waals surface area contributed by atoms with Crippen LogP contribution >= 0.6 is 0 Å². The average Bonchev–Trinajstić information content (AvgIpc) is 3.59. The van der Waals surface area contributed by atoms with Crippen LogP contribution in [0.4, 0.5) is 0 Å². The van der Waals surface area contributed by atoms with Crippen molar-refractivity contribution in [1.82, 2.24) is 9.13 Å². The van der Waals surface area contributed by atoms with Crippen molar-refractivity contribution in [3.8, 4) is 22.3 Å². The van der Waals surface area contributed by atoms with E-state index < -0.39 is 22.9 Å². The van der Waals surface area contributed by atoms with Crippen LogP contribution in [-0.4, -0.2) is 9.13 Å². The third-order valence-corrected chi connectivity index (χ3v) is 14.9. The van der Waals surface area contributed by atoms with Crippen LogP contribution in [0.5, 0.6) is 0 Å². The molecule has 0 amide bonds. The van der Waals surface area contributed by atoms with Gasteiger partial charge in [-0.1, -0.05) is 0 Å². The molecule has 37 heavy (non-hydrogen) atoms. The Labute approximate surface area is 240 Å². The number of fused-ring (bicyclic) bond motifs is 10. The normalized spacial score (nSPS) is 16.4. The van der Waals surface area contributed by atoms with E-state index in [0.29, 0.717) is 7.35 Å². The van der Waals surface area contributed by atoms with Crippen LogP contribution in [0.25, 0.3) is 44.1 Å². The summed E-state index contributed by atoms with van der Waals surface area (Å²) in [4.78, 5) is 0. The van der Waals surface area contributed by atoms with E-state index in [9.17, 15) is 0 Å². The molecular formula is C32H24Cl2HfN2. The van der Waals surface area contributed by atoms with Gasteiger partial charge in [0.1, 0.15) is 0 Å². The van der Waals surface area contributed by atoms with E-state index in [0.717, 1.165) is 0 Å². The quantitative estimate of drug-likeness (QED) is 0.246. The number of rotatable bonds is 2. The second-order valence-corrected chi connectivity index (χ2v) is 15.2. The molecule has 2 aliphatic carbocycles. The third-order valence-electron chi connectivity index (χ3n) is 8.27. The predicted molar refractivity (Wildman–Crippen MR) is 140 cm³/mol. The van der Waals surface area contributed by atoms with Crippen LogP contribution in [-0.2, 0) is 37.0 Å². The molecule has 2 unspecified atom stereocenters. The standard InChI is InChI=1S/2C16H12N.2ClH.Hf/c2*1-17-14-9-5-4-8-13(14)16-12-7-3-2-6-11(12)10-15(16)17;;;/h2*2-10H,1H3;2*1H;/q;;;;+2/p-2. The van der Waals surface area contributed by atoms with Gasteiger partial charge in [-0.2, -0.15) is 0 Å². The van der Waals surface area contributed by atoms with Crippen LogP contribution in [0, 0.1) is 0 Å². The summed E-state index contributed by atoms with van der Waals surface area (Å²) in [5.41, 5.74) is 14.8. The van der Waals surface area contributed by atoms with Gasteiger partial charge in [-0.3, -0.25) is 0 Å². The molecule has 2 nitrogen and oxygen atoms in total. The van der Waals surface area contributed by atoms with Crippen molar-refractivity contribution >= 4 is 21.8 Å². The Morgan fingerprint density at radius 3 is 1.35 bits per heavy atom. The summed E-state index contributed by atoms with van der Waals surface area (Å²) in [5.74, 6) is 0. The zero-order chi connectivity index (χ0) is 23.3. The summed E-state index contributed by atoms with van der Waals surface area (Å²) in [7, 11) is 4.57. The summed E-state index contributed by atoms with van der Waals surface area (Å²) in [5, 5.41) is 2.81. The van der Waals surface area contributed by atoms with E-state index in [1.54, 1.807) is 22.5 Å². The van der Waals surface area contributed by atoms with Gasteiger partial charge >= 0.3 is 217 Å². The van der Waals surface area contributed by atoms with Crippen molar-refractivity contribution in [2.45, 2.75) is 7.35 Å². The Morgan fingerprint density at radius 1 is 0.514 bits per heavy atom. The van der Waals surface area contributed by atoms with E-state index in [2.05, 4.69) is 120 Å². The number of nitrogens with zero attached hydrogens (tertiary/aromatic N) is 2. The van der Waals surface area contributed by atoms with Crippen molar-refractivity contribution in [2.24, 2.45) is 14.1 Å². The van der Waals surface area contributed by atoms with Gasteiger partial charge in [0.15, 0.2) is 0 Å². The van der Waals surface area contributed by atoms with Crippen molar-refractivity contribution in [2.75, 3.05) is 0 Å². The van der Waals surface area contributed by atoms with Crippen LogP contribution in [0.2, 0.25) is 0 Å². The molecular weight excluding hydrogens is 662 g/mol. The Hall–Kier alpha value is -2.59. The fourth-order valence-electron chi connectivity index (χ4n) is 6.82.